The van der Waals surface area contributed by atoms with Gasteiger partial charge in [0.15, 0.2) is 0 Å². The molecule has 0 radical (unpaired) electrons. The first-order valence-corrected chi connectivity index (χ1v) is 15.3. The molecule has 1 heterocycles. The van der Waals surface area contributed by atoms with Gasteiger partial charge in [0.05, 0.1) is 10.3 Å². The molecule has 10 nitrogen and oxygen atoms in total. The van der Waals surface area contributed by atoms with Gasteiger partial charge < -0.3 is 31.9 Å². The number of carboxylic acids is 1. The van der Waals surface area contributed by atoms with Crippen molar-refractivity contribution in [3.8, 4) is 5.75 Å². The van der Waals surface area contributed by atoms with Gasteiger partial charge >= 0.3 is 5.97 Å². The maximum Gasteiger partial charge on any atom is 0.327 e. The Morgan fingerprint density at radius 1 is 1.07 bits per heavy atom. The highest BCUT2D eigenvalue weighted by molar-refractivity contribution is 8.77. The maximum atomic E-state index is 13.5. The predicted molar refractivity (Wildman–Crippen MR) is 155 cm³/mol. The normalized spacial score (nSPS) is 26.8. The van der Waals surface area contributed by atoms with E-state index in [1.165, 1.54) is 21.6 Å². The third-order valence-electron chi connectivity index (χ3n) is 7.26. The van der Waals surface area contributed by atoms with E-state index in [1.54, 1.807) is 32.0 Å². The van der Waals surface area contributed by atoms with Crippen molar-refractivity contribution in [2.45, 2.75) is 67.9 Å². The Morgan fingerprint density at radius 3 is 2.50 bits per heavy atom. The second kappa shape index (κ2) is 12.1. The van der Waals surface area contributed by atoms with Crippen LogP contribution in [0.4, 0.5) is 0 Å². The molecule has 4 rings (SSSR count). The van der Waals surface area contributed by atoms with E-state index in [4.69, 9.17) is 5.73 Å². The standard InChI is InChI=1S/C28H34N4O6S2/c1-27(2)22(25(36)37)32-23(34)20(12-16-6-4-3-5-7-16)30-24(35)21(15-39-40-27)31-26(38)28(29)11-10-17-13-19(33)9-8-18(17)14-28/h3-9,13,20-22,33H,10-12,14-15,29H2,1-2H3,(H,30,35)(H,31,38)(H,32,34)(H,36,37)/t20-,21+,22-,28-/m0/s1. The van der Waals surface area contributed by atoms with Crippen LogP contribution in [0.3, 0.4) is 0 Å². The fourth-order valence-electron chi connectivity index (χ4n) is 4.89. The summed E-state index contributed by atoms with van der Waals surface area (Å²) >= 11 is 0. The van der Waals surface area contributed by atoms with Gasteiger partial charge in [-0.25, -0.2) is 4.79 Å². The van der Waals surface area contributed by atoms with Gasteiger partial charge in [-0.3, -0.25) is 14.4 Å². The number of benzene rings is 2. The maximum absolute atomic E-state index is 13.5. The number of fused-ring (bicyclic) bond motifs is 1. The summed E-state index contributed by atoms with van der Waals surface area (Å²) in [5.74, 6) is -2.58. The van der Waals surface area contributed by atoms with Crippen LogP contribution in [0.2, 0.25) is 0 Å². The number of aromatic hydroxyl groups is 1. The monoisotopic (exact) mass is 586 g/mol. The lowest BCUT2D eigenvalue weighted by molar-refractivity contribution is -0.143. The fraction of sp³-hybridized carbons (Fsp3) is 0.429. The quantitative estimate of drug-likeness (QED) is 0.284. The Balaban J connectivity index is 1.58. The molecule has 7 N–H and O–H groups in total. The minimum atomic E-state index is -1.26. The molecule has 0 spiro atoms. The van der Waals surface area contributed by atoms with Gasteiger partial charge in [-0.2, -0.15) is 0 Å². The summed E-state index contributed by atoms with van der Waals surface area (Å²) in [6.07, 6.45) is 1.21. The van der Waals surface area contributed by atoms with Crippen molar-refractivity contribution >= 4 is 45.3 Å². The van der Waals surface area contributed by atoms with Crippen LogP contribution in [-0.4, -0.2) is 68.1 Å². The van der Waals surface area contributed by atoms with E-state index in [1.807, 2.05) is 30.3 Å². The highest BCUT2D eigenvalue weighted by atomic mass is 33.1. The van der Waals surface area contributed by atoms with Crippen LogP contribution in [0.15, 0.2) is 48.5 Å². The van der Waals surface area contributed by atoms with Crippen molar-refractivity contribution in [3.63, 3.8) is 0 Å². The number of hydrogen-bond acceptors (Lipinski definition) is 8. The second-order valence-electron chi connectivity index (χ2n) is 10.8. The molecule has 2 aromatic rings. The Labute approximate surface area is 240 Å². The molecule has 0 unspecified atom stereocenters. The molecule has 214 valence electrons. The molecular formula is C28H34N4O6S2. The lowest BCUT2D eigenvalue weighted by atomic mass is 9.78. The van der Waals surface area contributed by atoms with E-state index in [2.05, 4.69) is 16.0 Å². The summed E-state index contributed by atoms with van der Waals surface area (Å²) < 4.78 is -0.931. The van der Waals surface area contributed by atoms with Crippen LogP contribution >= 0.6 is 21.6 Å². The van der Waals surface area contributed by atoms with Gasteiger partial charge in [-0.1, -0.05) is 58.0 Å². The first kappa shape index (κ1) is 29.8. The van der Waals surface area contributed by atoms with E-state index in [-0.39, 0.29) is 24.3 Å². The molecule has 12 heteroatoms. The van der Waals surface area contributed by atoms with E-state index in [0.29, 0.717) is 12.8 Å². The Morgan fingerprint density at radius 2 is 1.80 bits per heavy atom. The van der Waals surface area contributed by atoms with Crippen LogP contribution in [-0.2, 0) is 38.4 Å². The summed E-state index contributed by atoms with van der Waals surface area (Å²) in [5, 5.41) is 27.8. The number of amides is 3. The average molecular weight is 587 g/mol. The Hall–Kier alpha value is -3.22. The van der Waals surface area contributed by atoms with Crippen LogP contribution < -0.4 is 21.7 Å². The predicted octanol–water partition coefficient (Wildman–Crippen LogP) is 1.53. The van der Waals surface area contributed by atoms with Gasteiger partial charge in [0.25, 0.3) is 0 Å². The number of phenolic OH excluding ortho intramolecular Hbond substituents is 1. The molecule has 1 fully saturated rings. The summed E-state index contributed by atoms with van der Waals surface area (Å²) in [6, 6.07) is 10.7. The van der Waals surface area contributed by atoms with Crippen molar-refractivity contribution in [3.05, 3.63) is 65.2 Å². The molecule has 4 atom stereocenters. The minimum absolute atomic E-state index is 0.130. The molecule has 1 aliphatic heterocycles. The SMILES string of the molecule is CC1(C)SSC[C@@H](NC(=O)[C@]2(N)CCc3cc(O)ccc3C2)C(=O)N[C@@H](Cc2ccccc2)C(=O)N[C@H]1C(=O)O. The van der Waals surface area contributed by atoms with Crippen LogP contribution in [0.5, 0.6) is 5.75 Å². The summed E-state index contributed by atoms with van der Waals surface area (Å²) in [6.45, 7) is 3.42. The number of hydrogen-bond donors (Lipinski definition) is 6. The lowest BCUT2D eigenvalue weighted by Gasteiger charge is -2.35. The van der Waals surface area contributed by atoms with Gasteiger partial charge in [-0.05, 0) is 61.9 Å². The summed E-state index contributed by atoms with van der Waals surface area (Å²) in [7, 11) is 2.47. The van der Waals surface area contributed by atoms with Crippen molar-refractivity contribution in [1.82, 2.24) is 16.0 Å². The third kappa shape index (κ3) is 6.91. The molecular weight excluding hydrogens is 552 g/mol. The second-order valence-corrected chi connectivity index (χ2v) is 13.8. The fourth-order valence-corrected chi connectivity index (χ4v) is 7.70. The molecule has 2 aromatic carbocycles. The van der Waals surface area contributed by atoms with Crippen molar-refractivity contribution < 1.29 is 29.4 Å². The minimum Gasteiger partial charge on any atom is -0.508 e. The molecule has 1 aliphatic carbocycles. The van der Waals surface area contributed by atoms with Crippen molar-refractivity contribution in [2.24, 2.45) is 5.73 Å². The Kier molecular flexibility index (Phi) is 9.01. The van der Waals surface area contributed by atoms with Gasteiger partial charge in [0.1, 0.15) is 23.9 Å². The van der Waals surface area contributed by atoms with Crippen LogP contribution in [0, 0.1) is 0 Å². The van der Waals surface area contributed by atoms with Gasteiger partial charge in [-0.15, -0.1) is 0 Å². The zero-order chi connectivity index (χ0) is 29.1. The average Bonchev–Trinajstić information content (AvgIpc) is 2.91. The van der Waals surface area contributed by atoms with Gasteiger partial charge in [0, 0.05) is 12.2 Å². The number of nitrogens with two attached hydrogens (primary N) is 1. The molecule has 3 amide bonds. The van der Waals surface area contributed by atoms with Crippen molar-refractivity contribution in [2.75, 3.05) is 5.75 Å². The highest BCUT2D eigenvalue weighted by Crippen LogP contribution is 2.39. The molecule has 40 heavy (non-hydrogen) atoms. The largest absolute Gasteiger partial charge is 0.508 e. The van der Waals surface area contributed by atoms with E-state index in [0.717, 1.165) is 16.7 Å². The van der Waals surface area contributed by atoms with Crippen LogP contribution in [0.25, 0.3) is 0 Å². The number of aliphatic carboxylic acids is 1. The first-order valence-electron chi connectivity index (χ1n) is 13.0. The molecule has 0 bridgehead atoms. The smallest absolute Gasteiger partial charge is 0.327 e. The van der Waals surface area contributed by atoms with Crippen LogP contribution in [0.1, 0.15) is 37.0 Å². The number of carboxylic acid groups (broad SMARTS) is 1. The summed E-state index contributed by atoms with van der Waals surface area (Å²) in [5.41, 5.74) is 7.87. The van der Waals surface area contributed by atoms with Crippen molar-refractivity contribution in [1.29, 1.82) is 0 Å². The molecule has 2 aliphatic rings. The van der Waals surface area contributed by atoms with E-state index in [9.17, 15) is 29.4 Å². The zero-order valence-electron chi connectivity index (χ0n) is 22.3. The van der Waals surface area contributed by atoms with E-state index < -0.39 is 52.1 Å². The first-order chi connectivity index (χ1) is 18.9. The topological polar surface area (TPSA) is 171 Å². The lowest BCUT2D eigenvalue weighted by Crippen LogP contribution is -2.63. The number of rotatable bonds is 5. The summed E-state index contributed by atoms with van der Waals surface area (Å²) in [4.78, 5) is 52.5. The number of phenols is 1. The number of carbonyl (C=O) groups is 4. The highest BCUT2D eigenvalue weighted by Gasteiger charge is 2.42. The third-order valence-corrected chi connectivity index (χ3v) is 10.6. The van der Waals surface area contributed by atoms with E-state index >= 15 is 0 Å². The molecule has 0 saturated carbocycles. The molecule has 0 aromatic heterocycles. The van der Waals surface area contributed by atoms with Gasteiger partial charge in [0.2, 0.25) is 17.7 Å². The number of nitrogens with one attached hydrogen (secondary N) is 3. The molecule has 1 saturated heterocycles. The number of carbonyl (C=O) groups excluding carboxylic acids is 3. The zero-order valence-corrected chi connectivity index (χ0v) is 23.9. The Bertz CT molecular complexity index is 1290. The number of aryl methyl sites for hydroxylation is 1.